The number of para-hydroxylation sites is 1. The van der Waals surface area contributed by atoms with Crippen LogP contribution >= 0.6 is 11.8 Å². The van der Waals surface area contributed by atoms with Crippen molar-refractivity contribution in [3.63, 3.8) is 0 Å². The number of nitrogens with zero attached hydrogens (tertiary/aromatic N) is 3. The van der Waals surface area contributed by atoms with Gasteiger partial charge in [-0.05, 0) is 30.2 Å². The van der Waals surface area contributed by atoms with Gasteiger partial charge in [-0.1, -0.05) is 32.0 Å². The van der Waals surface area contributed by atoms with E-state index in [0.29, 0.717) is 28.8 Å². The lowest BCUT2D eigenvalue weighted by Crippen LogP contribution is -2.15. The lowest BCUT2D eigenvalue weighted by atomic mass is 10.1. The highest BCUT2D eigenvalue weighted by molar-refractivity contribution is 8.00. The smallest absolute Gasteiger partial charge is 0.235 e. The first-order chi connectivity index (χ1) is 15.5. The number of aromatic nitrogens is 3. The summed E-state index contributed by atoms with van der Waals surface area (Å²) in [5.41, 5.74) is 2.52. The van der Waals surface area contributed by atoms with Crippen molar-refractivity contribution in [2.24, 2.45) is 5.92 Å². The molecule has 0 saturated heterocycles. The summed E-state index contributed by atoms with van der Waals surface area (Å²) in [5, 5.41) is 3.99. The van der Waals surface area contributed by atoms with Crippen LogP contribution in [0.4, 0.5) is 5.82 Å². The zero-order valence-electron chi connectivity index (χ0n) is 18.6. The summed E-state index contributed by atoms with van der Waals surface area (Å²) in [5.74, 6) is 2.33. The van der Waals surface area contributed by atoms with Gasteiger partial charge in [0.05, 0.1) is 37.3 Å². The number of hydrogen-bond acceptors (Lipinski definition) is 6. The molecule has 0 aliphatic rings. The van der Waals surface area contributed by atoms with Crippen molar-refractivity contribution >= 4 is 45.4 Å². The second kappa shape index (κ2) is 9.48. The molecule has 7 nitrogen and oxygen atoms in total. The molecule has 0 bridgehead atoms. The average molecular weight is 451 g/mol. The van der Waals surface area contributed by atoms with Crippen molar-refractivity contribution in [3.05, 3.63) is 48.8 Å². The minimum absolute atomic E-state index is 0.146. The molecule has 0 atom stereocenters. The van der Waals surface area contributed by atoms with Crippen molar-refractivity contribution in [1.29, 1.82) is 0 Å². The highest BCUT2D eigenvalue weighted by Gasteiger charge is 2.16. The largest absolute Gasteiger partial charge is 0.493 e. The number of pyridine rings is 1. The van der Waals surface area contributed by atoms with E-state index in [4.69, 9.17) is 9.47 Å². The molecule has 4 aromatic rings. The Balaban J connectivity index is 1.58. The van der Waals surface area contributed by atoms with Crippen LogP contribution in [0.1, 0.15) is 13.8 Å². The third-order valence-electron chi connectivity index (χ3n) is 5.00. The SMILES string of the molecule is COc1ccc(SCC(=O)Nc2nc3ccccc3c3c2ncn3CC(C)C)cc1OC. The van der Waals surface area contributed by atoms with E-state index in [1.807, 2.05) is 48.8 Å². The Hall–Kier alpha value is -3.26. The quantitative estimate of drug-likeness (QED) is 0.381. The van der Waals surface area contributed by atoms with Crippen molar-refractivity contribution in [1.82, 2.24) is 14.5 Å². The fourth-order valence-corrected chi connectivity index (χ4v) is 4.35. The Labute approximate surface area is 191 Å². The predicted molar refractivity (Wildman–Crippen MR) is 129 cm³/mol. The summed E-state index contributed by atoms with van der Waals surface area (Å²) in [6, 6.07) is 13.5. The van der Waals surface area contributed by atoms with Crippen LogP contribution < -0.4 is 14.8 Å². The lowest BCUT2D eigenvalue weighted by Gasteiger charge is -2.12. The lowest BCUT2D eigenvalue weighted by molar-refractivity contribution is -0.113. The molecule has 1 amide bonds. The zero-order chi connectivity index (χ0) is 22.7. The number of fused-ring (bicyclic) bond motifs is 3. The maximum Gasteiger partial charge on any atom is 0.235 e. The number of rotatable bonds is 8. The molecule has 0 aliphatic heterocycles. The molecule has 166 valence electrons. The minimum atomic E-state index is -0.146. The number of thioether (sulfide) groups is 1. The van der Waals surface area contributed by atoms with Gasteiger partial charge in [-0.3, -0.25) is 4.79 Å². The number of carbonyl (C=O) groups excluding carboxylic acids is 1. The van der Waals surface area contributed by atoms with Gasteiger partial charge < -0.3 is 19.4 Å². The first-order valence-electron chi connectivity index (χ1n) is 10.4. The highest BCUT2D eigenvalue weighted by Crippen LogP contribution is 2.32. The monoisotopic (exact) mass is 450 g/mol. The summed E-state index contributed by atoms with van der Waals surface area (Å²) in [6.45, 7) is 5.18. The van der Waals surface area contributed by atoms with Crippen LogP contribution in [0.5, 0.6) is 11.5 Å². The van der Waals surface area contributed by atoms with E-state index in [-0.39, 0.29) is 11.7 Å². The van der Waals surface area contributed by atoms with Crippen molar-refractivity contribution < 1.29 is 14.3 Å². The maximum atomic E-state index is 12.8. The number of ether oxygens (including phenoxy) is 2. The topological polar surface area (TPSA) is 78.3 Å². The molecule has 2 heterocycles. The Kier molecular flexibility index (Phi) is 6.50. The normalized spacial score (nSPS) is 11.3. The molecule has 8 heteroatoms. The molecular formula is C24H26N4O3S. The molecule has 1 N–H and O–H groups in total. The summed E-state index contributed by atoms with van der Waals surface area (Å²) in [4.78, 5) is 22.9. The second-order valence-electron chi connectivity index (χ2n) is 7.82. The van der Waals surface area contributed by atoms with Crippen LogP contribution in [0.2, 0.25) is 0 Å². The molecule has 0 fully saturated rings. The number of anilines is 1. The first-order valence-corrected chi connectivity index (χ1v) is 11.4. The number of amides is 1. The summed E-state index contributed by atoms with van der Waals surface area (Å²) < 4.78 is 12.7. The molecule has 4 rings (SSSR count). The molecule has 0 radical (unpaired) electrons. The van der Waals surface area contributed by atoms with E-state index in [2.05, 4.69) is 33.7 Å². The van der Waals surface area contributed by atoms with E-state index in [0.717, 1.165) is 27.9 Å². The van der Waals surface area contributed by atoms with Gasteiger partial charge in [0.1, 0.15) is 5.52 Å². The van der Waals surface area contributed by atoms with E-state index in [1.54, 1.807) is 14.2 Å². The van der Waals surface area contributed by atoms with Crippen LogP contribution in [-0.2, 0) is 11.3 Å². The molecule has 32 heavy (non-hydrogen) atoms. The Morgan fingerprint density at radius 2 is 1.91 bits per heavy atom. The number of imidazole rings is 1. The number of carbonyl (C=O) groups is 1. The van der Waals surface area contributed by atoms with Gasteiger partial charge in [0.15, 0.2) is 17.3 Å². The third-order valence-corrected chi connectivity index (χ3v) is 5.99. The molecule has 0 unspecified atom stereocenters. The Bertz CT molecular complexity index is 1270. The van der Waals surface area contributed by atoms with Gasteiger partial charge in [-0.15, -0.1) is 11.8 Å². The van der Waals surface area contributed by atoms with Crippen LogP contribution in [0.15, 0.2) is 53.7 Å². The molecule has 0 spiro atoms. The van der Waals surface area contributed by atoms with Crippen LogP contribution in [0.25, 0.3) is 21.9 Å². The average Bonchev–Trinajstić information content (AvgIpc) is 3.21. The van der Waals surface area contributed by atoms with Gasteiger partial charge >= 0.3 is 0 Å². The number of hydrogen-bond donors (Lipinski definition) is 1. The standard InChI is InChI=1S/C24H26N4O3S/c1-15(2)12-28-14-25-22-23(28)17-7-5-6-8-18(17)26-24(22)27-21(29)13-32-16-9-10-19(30-3)20(11-16)31-4/h5-11,14-15H,12-13H2,1-4H3,(H,26,27,29). The van der Waals surface area contributed by atoms with Crippen molar-refractivity contribution in [3.8, 4) is 11.5 Å². The van der Waals surface area contributed by atoms with Crippen molar-refractivity contribution in [2.45, 2.75) is 25.3 Å². The Morgan fingerprint density at radius 3 is 2.66 bits per heavy atom. The number of nitrogens with one attached hydrogen (secondary N) is 1. The van der Waals surface area contributed by atoms with E-state index in [9.17, 15) is 4.79 Å². The van der Waals surface area contributed by atoms with Gasteiger partial charge in [-0.25, -0.2) is 9.97 Å². The van der Waals surface area contributed by atoms with Crippen LogP contribution in [0.3, 0.4) is 0 Å². The van der Waals surface area contributed by atoms with Gasteiger partial charge in [-0.2, -0.15) is 0 Å². The first kappa shape index (κ1) is 22.0. The van der Waals surface area contributed by atoms with Gasteiger partial charge in [0, 0.05) is 16.8 Å². The number of methoxy groups -OCH3 is 2. The van der Waals surface area contributed by atoms with Crippen LogP contribution in [-0.4, -0.2) is 40.4 Å². The highest BCUT2D eigenvalue weighted by atomic mass is 32.2. The predicted octanol–water partition coefficient (Wildman–Crippen LogP) is 4.99. The number of benzene rings is 2. The summed E-state index contributed by atoms with van der Waals surface area (Å²) >= 11 is 1.42. The molecule has 2 aromatic carbocycles. The molecule has 0 saturated carbocycles. The van der Waals surface area contributed by atoms with E-state index in [1.165, 1.54) is 11.8 Å². The minimum Gasteiger partial charge on any atom is -0.493 e. The van der Waals surface area contributed by atoms with E-state index < -0.39 is 0 Å². The Morgan fingerprint density at radius 1 is 1.12 bits per heavy atom. The van der Waals surface area contributed by atoms with Crippen molar-refractivity contribution in [2.75, 3.05) is 25.3 Å². The maximum absolute atomic E-state index is 12.8. The van der Waals surface area contributed by atoms with E-state index >= 15 is 0 Å². The molecule has 2 aromatic heterocycles. The fourth-order valence-electron chi connectivity index (χ4n) is 3.63. The molecule has 0 aliphatic carbocycles. The third kappa shape index (κ3) is 4.50. The summed E-state index contributed by atoms with van der Waals surface area (Å²) in [7, 11) is 3.19. The van der Waals surface area contributed by atoms with Gasteiger partial charge in [0.2, 0.25) is 5.91 Å². The summed E-state index contributed by atoms with van der Waals surface area (Å²) in [6.07, 6.45) is 1.83. The second-order valence-corrected chi connectivity index (χ2v) is 8.87. The fraction of sp³-hybridized carbons (Fsp3) is 0.292. The van der Waals surface area contributed by atoms with Gasteiger partial charge in [0.25, 0.3) is 0 Å². The molecular weight excluding hydrogens is 424 g/mol. The van der Waals surface area contributed by atoms with Crippen LogP contribution in [0, 0.1) is 5.92 Å². The zero-order valence-corrected chi connectivity index (χ0v) is 19.4.